The Hall–Kier alpha value is -2.95. The molecule has 0 radical (unpaired) electrons. The number of hydrogen-bond donors (Lipinski definition) is 1. The second kappa shape index (κ2) is 5.58. The molecule has 0 unspecified atom stereocenters. The molecule has 0 saturated carbocycles. The van der Waals surface area contributed by atoms with E-state index in [0.717, 1.165) is 16.9 Å². The summed E-state index contributed by atoms with van der Waals surface area (Å²) in [6.07, 6.45) is 3.08. The molecule has 0 bridgehead atoms. The van der Waals surface area contributed by atoms with Crippen molar-refractivity contribution in [3.8, 4) is 5.69 Å². The molecule has 0 aliphatic rings. The number of nitrogens with zero attached hydrogens (tertiary/aromatic N) is 3. The molecule has 5 heteroatoms. The van der Waals surface area contributed by atoms with Crippen LogP contribution in [0.5, 0.6) is 0 Å². The van der Waals surface area contributed by atoms with E-state index in [1.54, 1.807) is 23.1 Å². The van der Waals surface area contributed by atoms with Crippen molar-refractivity contribution in [2.24, 2.45) is 0 Å². The first-order chi connectivity index (χ1) is 10.2. The third kappa shape index (κ3) is 2.97. The Morgan fingerprint density at radius 3 is 2.62 bits per heavy atom. The monoisotopic (exact) mass is 278 g/mol. The largest absolute Gasteiger partial charge is 0.322 e. The minimum absolute atomic E-state index is 0.134. The van der Waals surface area contributed by atoms with Crippen LogP contribution < -0.4 is 5.32 Å². The SMILES string of the molecule is Cc1cccc(NC(=O)c2ccc(-n3cncn3)cc2)c1. The van der Waals surface area contributed by atoms with Gasteiger partial charge >= 0.3 is 0 Å². The molecule has 0 spiro atoms. The van der Waals surface area contributed by atoms with Gasteiger partial charge in [-0.25, -0.2) is 9.67 Å². The summed E-state index contributed by atoms with van der Waals surface area (Å²) in [5.41, 5.74) is 3.36. The number of aryl methyl sites for hydroxylation is 1. The van der Waals surface area contributed by atoms with Gasteiger partial charge in [0.1, 0.15) is 12.7 Å². The molecule has 0 saturated heterocycles. The summed E-state index contributed by atoms with van der Waals surface area (Å²) in [5.74, 6) is -0.134. The highest BCUT2D eigenvalue weighted by molar-refractivity contribution is 6.04. The lowest BCUT2D eigenvalue weighted by molar-refractivity contribution is 0.102. The van der Waals surface area contributed by atoms with E-state index in [4.69, 9.17) is 0 Å². The predicted octanol–water partition coefficient (Wildman–Crippen LogP) is 2.83. The molecule has 1 amide bonds. The van der Waals surface area contributed by atoms with Crippen LogP contribution in [0.2, 0.25) is 0 Å². The van der Waals surface area contributed by atoms with Crippen molar-refractivity contribution in [1.29, 1.82) is 0 Å². The van der Waals surface area contributed by atoms with E-state index in [1.807, 2.05) is 43.3 Å². The Morgan fingerprint density at radius 2 is 1.95 bits per heavy atom. The standard InChI is InChI=1S/C16H14N4O/c1-12-3-2-4-14(9-12)19-16(21)13-5-7-15(8-6-13)20-11-17-10-18-20/h2-11H,1H3,(H,19,21). The first kappa shape index (κ1) is 13.1. The van der Waals surface area contributed by atoms with Crippen LogP contribution in [0.4, 0.5) is 5.69 Å². The minimum Gasteiger partial charge on any atom is -0.322 e. The summed E-state index contributed by atoms with van der Waals surface area (Å²) in [6.45, 7) is 1.99. The number of anilines is 1. The molecule has 104 valence electrons. The van der Waals surface area contributed by atoms with Gasteiger partial charge in [0.05, 0.1) is 5.69 Å². The summed E-state index contributed by atoms with van der Waals surface area (Å²) >= 11 is 0. The average Bonchev–Trinajstić information content (AvgIpc) is 3.01. The predicted molar refractivity (Wildman–Crippen MR) is 80.5 cm³/mol. The zero-order valence-corrected chi connectivity index (χ0v) is 11.5. The summed E-state index contributed by atoms with van der Waals surface area (Å²) in [5, 5.41) is 6.92. The Balaban J connectivity index is 1.76. The number of aromatic nitrogens is 3. The van der Waals surface area contributed by atoms with Crippen molar-refractivity contribution >= 4 is 11.6 Å². The second-order valence-electron chi connectivity index (χ2n) is 4.71. The first-order valence-electron chi connectivity index (χ1n) is 6.55. The van der Waals surface area contributed by atoms with E-state index < -0.39 is 0 Å². The third-order valence-electron chi connectivity index (χ3n) is 3.09. The molecule has 3 rings (SSSR count). The van der Waals surface area contributed by atoms with E-state index in [1.165, 1.54) is 6.33 Å². The molecule has 1 N–H and O–H groups in total. The molecule has 3 aromatic rings. The highest BCUT2D eigenvalue weighted by atomic mass is 16.1. The van der Waals surface area contributed by atoms with Crippen molar-refractivity contribution in [2.75, 3.05) is 5.32 Å². The number of rotatable bonds is 3. The zero-order chi connectivity index (χ0) is 14.7. The minimum atomic E-state index is -0.134. The van der Waals surface area contributed by atoms with Gasteiger partial charge in [-0.05, 0) is 48.9 Å². The van der Waals surface area contributed by atoms with Crippen molar-refractivity contribution in [1.82, 2.24) is 14.8 Å². The number of carbonyl (C=O) groups excluding carboxylic acids is 1. The van der Waals surface area contributed by atoms with E-state index in [-0.39, 0.29) is 5.91 Å². The summed E-state index contributed by atoms with van der Waals surface area (Å²) in [6, 6.07) is 14.9. The molecule has 2 aromatic carbocycles. The third-order valence-corrected chi connectivity index (χ3v) is 3.09. The highest BCUT2D eigenvalue weighted by Crippen LogP contribution is 2.13. The normalized spacial score (nSPS) is 10.3. The van der Waals surface area contributed by atoms with E-state index in [9.17, 15) is 4.79 Å². The maximum Gasteiger partial charge on any atom is 0.255 e. The van der Waals surface area contributed by atoms with Gasteiger partial charge in [-0.1, -0.05) is 12.1 Å². The van der Waals surface area contributed by atoms with Gasteiger partial charge in [0.2, 0.25) is 0 Å². The van der Waals surface area contributed by atoms with E-state index in [2.05, 4.69) is 15.4 Å². The van der Waals surface area contributed by atoms with Crippen LogP contribution in [-0.2, 0) is 0 Å². The van der Waals surface area contributed by atoms with Crippen LogP contribution >= 0.6 is 0 Å². The maximum atomic E-state index is 12.2. The Bertz CT molecular complexity index is 748. The lowest BCUT2D eigenvalue weighted by Crippen LogP contribution is -2.12. The van der Waals surface area contributed by atoms with Gasteiger partial charge < -0.3 is 5.32 Å². The molecule has 0 fully saturated rings. The molecule has 0 atom stereocenters. The number of nitrogens with one attached hydrogen (secondary N) is 1. The lowest BCUT2D eigenvalue weighted by atomic mass is 10.1. The van der Waals surface area contributed by atoms with Crippen molar-refractivity contribution < 1.29 is 4.79 Å². The highest BCUT2D eigenvalue weighted by Gasteiger charge is 2.06. The first-order valence-corrected chi connectivity index (χ1v) is 6.55. The lowest BCUT2D eigenvalue weighted by Gasteiger charge is -2.07. The number of carbonyl (C=O) groups is 1. The van der Waals surface area contributed by atoms with Gasteiger partial charge in [0.25, 0.3) is 5.91 Å². The summed E-state index contributed by atoms with van der Waals surface area (Å²) < 4.78 is 1.64. The molecular weight excluding hydrogens is 264 g/mol. The van der Waals surface area contributed by atoms with Gasteiger partial charge in [-0.15, -0.1) is 0 Å². The van der Waals surface area contributed by atoms with Crippen LogP contribution in [0.1, 0.15) is 15.9 Å². The van der Waals surface area contributed by atoms with Crippen LogP contribution in [0.3, 0.4) is 0 Å². The van der Waals surface area contributed by atoms with Gasteiger partial charge in [0, 0.05) is 11.3 Å². The zero-order valence-electron chi connectivity index (χ0n) is 11.5. The average molecular weight is 278 g/mol. The molecule has 1 aromatic heterocycles. The fourth-order valence-corrected chi connectivity index (χ4v) is 2.03. The van der Waals surface area contributed by atoms with Crippen LogP contribution in [-0.4, -0.2) is 20.7 Å². The Morgan fingerprint density at radius 1 is 1.14 bits per heavy atom. The molecule has 5 nitrogen and oxygen atoms in total. The fraction of sp³-hybridized carbons (Fsp3) is 0.0625. The Labute approximate surface area is 122 Å². The summed E-state index contributed by atoms with van der Waals surface area (Å²) in [7, 11) is 0. The number of benzene rings is 2. The molecule has 0 aliphatic carbocycles. The van der Waals surface area contributed by atoms with Crippen LogP contribution in [0.25, 0.3) is 5.69 Å². The smallest absolute Gasteiger partial charge is 0.255 e. The van der Waals surface area contributed by atoms with Gasteiger partial charge in [-0.2, -0.15) is 5.10 Å². The maximum absolute atomic E-state index is 12.2. The van der Waals surface area contributed by atoms with E-state index in [0.29, 0.717) is 5.56 Å². The number of hydrogen-bond acceptors (Lipinski definition) is 3. The van der Waals surface area contributed by atoms with Crippen molar-refractivity contribution in [3.05, 3.63) is 72.3 Å². The Kier molecular flexibility index (Phi) is 3.47. The quantitative estimate of drug-likeness (QED) is 0.801. The number of amides is 1. The van der Waals surface area contributed by atoms with E-state index >= 15 is 0 Å². The molecule has 1 heterocycles. The fourth-order valence-electron chi connectivity index (χ4n) is 2.03. The van der Waals surface area contributed by atoms with Crippen molar-refractivity contribution in [3.63, 3.8) is 0 Å². The topological polar surface area (TPSA) is 59.8 Å². The van der Waals surface area contributed by atoms with Crippen molar-refractivity contribution in [2.45, 2.75) is 6.92 Å². The molecule has 0 aliphatic heterocycles. The summed E-state index contributed by atoms with van der Waals surface area (Å²) in [4.78, 5) is 16.1. The van der Waals surface area contributed by atoms with Gasteiger partial charge in [-0.3, -0.25) is 4.79 Å². The van der Waals surface area contributed by atoms with Crippen LogP contribution in [0, 0.1) is 6.92 Å². The molecular formula is C16H14N4O. The second-order valence-corrected chi connectivity index (χ2v) is 4.71. The van der Waals surface area contributed by atoms with Gasteiger partial charge in [0.15, 0.2) is 0 Å². The molecule has 21 heavy (non-hydrogen) atoms. The van der Waals surface area contributed by atoms with Crippen LogP contribution in [0.15, 0.2) is 61.2 Å².